The van der Waals surface area contributed by atoms with Crippen molar-refractivity contribution in [1.29, 1.82) is 0 Å². The van der Waals surface area contributed by atoms with Gasteiger partial charge in [0.1, 0.15) is 11.3 Å². The van der Waals surface area contributed by atoms with Crippen LogP contribution in [0.15, 0.2) is 35.8 Å². The number of piperazine rings is 1. The maximum absolute atomic E-state index is 12.6. The zero-order valence-corrected chi connectivity index (χ0v) is 19.8. The summed E-state index contributed by atoms with van der Waals surface area (Å²) in [6, 6.07) is 7.75. The molecule has 0 amide bonds. The van der Waals surface area contributed by atoms with Crippen LogP contribution in [0.2, 0.25) is 0 Å². The van der Waals surface area contributed by atoms with Crippen LogP contribution in [0.4, 0.5) is 0 Å². The van der Waals surface area contributed by atoms with Crippen LogP contribution in [0.5, 0.6) is 5.75 Å². The Bertz CT molecular complexity index is 1060. The summed E-state index contributed by atoms with van der Waals surface area (Å²) in [7, 11) is 1.64. The van der Waals surface area contributed by atoms with Crippen LogP contribution < -0.4 is 4.74 Å². The number of rotatable bonds is 9. The van der Waals surface area contributed by atoms with Crippen LogP contribution in [0, 0.1) is 0 Å². The quantitative estimate of drug-likeness (QED) is 0.475. The molecule has 2 aromatic heterocycles. The third-order valence-electron chi connectivity index (χ3n) is 5.68. The van der Waals surface area contributed by atoms with E-state index in [9.17, 15) is 9.90 Å². The molecule has 0 saturated carbocycles. The largest absolute Gasteiger partial charge is 0.497 e. The molecule has 1 aromatic carbocycles. The number of β-amino-alcohol motifs (C(OH)–C–C–N with tert-alkyl or cyclic N) is 1. The summed E-state index contributed by atoms with van der Waals surface area (Å²) in [4.78, 5) is 21.9. The number of benzene rings is 1. The highest BCUT2D eigenvalue weighted by Crippen LogP contribution is 2.27. The minimum Gasteiger partial charge on any atom is -0.497 e. The van der Waals surface area contributed by atoms with E-state index in [-0.39, 0.29) is 12.6 Å². The summed E-state index contributed by atoms with van der Waals surface area (Å²) in [5.41, 5.74) is 3.07. The van der Waals surface area contributed by atoms with Crippen molar-refractivity contribution in [1.82, 2.24) is 24.6 Å². The molecule has 0 atom stereocenters. The number of aliphatic hydroxyl groups excluding tert-OH is 1. The number of ether oxygens (including phenoxy) is 2. The molecule has 1 fully saturated rings. The predicted octanol–water partition coefficient (Wildman–Crippen LogP) is 2.29. The van der Waals surface area contributed by atoms with Gasteiger partial charge in [0.25, 0.3) is 0 Å². The van der Waals surface area contributed by atoms with Gasteiger partial charge in [-0.25, -0.2) is 14.5 Å². The number of esters is 1. The van der Waals surface area contributed by atoms with E-state index in [0.717, 1.165) is 48.9 Å². The van der Waals surface area contributed by atoms with Crippen molar-refractivity contribution in [2.45, 2.75) is 13.5 Å². The first-order chi connectivity index (χ1) is 16.1. The number of carbonyl (C=O) groups is 1. The maximum Gasteiger partial charge on any atom is 0.341 e. The van der Waals surface area contributed by atoms with Crippen molar-refractivity contribution in [3.63, 3.8) is 0 Å². The number of methoxy groups -OCH3 is 1. The first-order valence-corrected chi connectivity index (χ1v) is 11.9. The molecular weight excluding hydrogens is 442 g/mol. The van der Waals surface area contributed by atoms with E-state index in [2.05, 4.69) is 14.9 Å². The summed E-state index contributed by atoms with van der Waals surface area (Å²) < 4.78 is 12.3. The number of aliphatic hydroxyl groups is 1. The summed E-state index contributed by atoms with van der Waals surface area (Å²) >= 11 is 1.48. The molecule has 1 saturated heterocycles. The van der Waals surface area contributed by atoms with Gasteiger partial charge in [-0.1, -0.05) is 0 Å². The Kier molecular flexibility index (Phi) is 7.71. The number of aromatic nitrogens is 3. The van der Waals surface area contributed by atoms with E-state index in [1.165, 1.54) is 11.3 Å². The highest BCUT2D eigenvalue weighted by atomic mass is 32.1. The number of thiazole rings is 1. The fraction of sp³-hybridized carbons (Fsp3) is 0.435. The molecule has 3 heterocycles. The SMILES string of the molecule is CCOC(=O)c1cnn(-c2nc(-c3ccc(OC)cc3)cs2)c1CN1CCN(CCO)CC1. The molecule has 33 heavy (non-hydrogen) atoms. The van der Waals surface area contributed by atoms with Crippen LogP contribution in [0.25, 0.3) is 16.4 Å². The minimum absolute atomic E-state index is 0.167. The zero-order valence-electron chi connectivity index (χ0n) is 18.9. The van der Waals surface area contributed by atoms with Crippen LogP contribution >= 0.6 is 11.3 Å². The van der Waals surface area contributed by atoms with Gasteiger partial charge in [0, 0.05) is 50.2 Å². The van der Waals surface area contributed by atoms with Crippen molar-refractivity contribution in [3.8, 4) is 22.1 Å². The molecule has 0 radical (unpaired) electrons. The highest BCUT2D eigenvalue weighted by Gasteiger charge is 2.25. The van der Waals surface area contributed by atoms with E-state index in [4.69, 9.17) is 14.5 Å². The molecule has 176 valence electrons. The number of nitrogens with zero attached hydrogens (tertiary/aromatic N) is 5. The average molecular weight is 472 g/mol. The summed E-state index contributed by atoms with van der Waals surface area (Å²) in [5.74, 6) is 0.423. The van der Waals surface area contributed by atoms with Gasteiger partial charge in [0.2, 0.25) is 5.13 Å². The Morgan fingerprint density at radius 2 is 1.88 bits per heavy atom. The number of hydrogen-bond acceptors (Lipinski definition) is 9. The number of carbonyl (C=O) groups excluding carboxylic acids is 1. The molecule has 0 bridgehead atoms. The van der Waals surface area contributed by atoms with E-state index in [1.54, 1.807) is 24.9 Å². The van der Waals surface area contributed by atoms with Gasteiger partial charge < -0.3 is 14.6 Å². The van der Waals surface area contributed by atoms with Gasteiger partial charge in [-0.3, -0.25) is 9.80 Å². The molecule has 4 rings (SSSR count). The van der Waals surface area contributed by atoms with E-state index < -0.39 is 0 Å². The molecule has 0 spiro atoms. The molecule has 3 aromatic rings. The molecule has 1 N–H and O–H groups in total. The van der Waals surface area contributed by atoms with Gasteiger partial charge in [-0.2, -0.15) is 5.10 Å². The third-order valence-corrected chi connectivity index (χ3v) is 6.49. The Morgan fingerprint density at radius 1 is 1.15 bits per heavy atom. The van der Waals surface area contributed by atoms with Crippen molar-refractivity contribution in [3.05, 3.63) is 47.1 Å². The Hall–Kier alpha value is -2.79. The lowest BCUT2D eigenvalue weighted by Crippen LogP contribution is -2.47. The van der Waals surface area contributed by atoms with Crippen LogP contribution in [0.3, 0.4) is 0 Å². The van der Waals surface area contributed by atoms with Gasteiger partial charge in [-0.05, 0) is 31.2 Å². The first kappa shape index (κ1) is 23.4. The van der Waals surface area contributed by atoms with E-state index in [0.29, 0.717) is 30.4 Å². The topological polar surface area (TPSA) is 92.9 Å². The summed E-state index contributed by atoms with van der Waals surface area (Å²) in [5, 5.41) is 16.4. The van der Waals surface area contributed by atoms with E-state index in [1.807, 2.05) is 29.6 Å². The lowest BCUT2D eigenvalue weighted by atomic mass is 10.2. The lowest BCUT2D eigenvalue weighted by Gasteiger charge is -2.34. The maximum atomic E-state index is 12.6. The second-order valence-corrected chi connectivity index (χ2v) is 8.56. The van der Waals surface area contributed by atoms with Crippen LogP contribution in [-0.4, -0.2) is 88.7 Å². The van der Waals surface area contributed by atoms with Gasteiger partial charge in [0.15, 0.2) is 0 Å². The Labute approximate surface area is 197 Å². The third kappa shape index (κ3) is 5.41. The standard InChI is InChI=1S/C23H29N5O4S/c1-3-32-22(30)19-14-24-28(21(19)15-27-10-8-26(9-11-27)12-13-29)23-25-20(16-33-23)17-4-6-18(31-2)7-5-17/h4-7,14,16,29H,3,8-13,15H2,1-2H3. The smallest absolute Gasteiger partial charge is 0.341 e. The molecule has 10 heteroatoms. The second kappa shape index (κ2) is 10.9. The molecule has 0 aliphatic carbocycles. The molecular formula is C23H29N5O4S. The van der Waals surface area contributed by atoms with Crippen molar-refractivity contribution in [2.75, 3.05) is 53.0 Å². The fourth-order valence-corrected chi connectivity index (χ4v) is 4.66. The number of hydrogen-bond donors (Lipinski definition) is 1. The van der Waals surface area contributed by atoms with Crippen molar-refractivity contribution < 1.29 is 19.4 Å². The zero-order chi connectivity index (χ0) is 23.2. The van der Waals surface area contributed by atoms with Gasteiger partial charge in [0.05, 0.1) is 37.9 Å². The van der Waals surface area contributed by atoms with Gasteiger partial charge in [-0.15, -0.1) is 11.3 Å². The molecule has 1 aliphatic rings. The van der Waals surface area contributed by atoms with Gasteiger partial charge >= 0.3 is 5.97 Å². The summed E-state index contributed by atoms with van der Waals surface area (Å²) in [6.07, 6.45) is 1.57. The van der Waals surface area contributed by atoms with Crippen LogP contribution in [-0.2, 0) is 11.3 Å². The monoisotopic (exact) mass is 471 g/mol. The Balaban J connectivity index is 1.59. The molecule has 0 unspecified atom stereocenters. The minimum atomic E-state index is -0.371. The lowest BCUT2D eigenvalue weighted by molar-refractivity contribution is 0.0522. The van der Waals surface area contributed by atoms with Crippen LogP contribution in [0.1, 0.15) is 23.0 Å². The highest BCUT2D eigenvalue weighted by molar-refractivity contribution is 7.12. The van der Waals surface area contributed by atoms with Crippen molar-refractivity contribution >= 4 is 17.3 Å². The Morgan fingerprint density at radius 3 is 2.55 bits per heavy atom. The molecule has 9 nitrogen and oxygen atoms in total. The second-order valence-electron chi connectivity index (χ2n) is 7.72. The summed E-state index contributed by atoms with van der Waals surface area (Å²) in [6.45, 7) is 6.98. The fourth-order valence-electron chi connectivity index (χ4n) is 3.85. The first-order valence-electron chi connectivity index (χ1n) is 11.0. The normalized spacial score (nSPS) is 15.0. The average Bonchev–Trinajstić information content (AvgIpc) is 3.48. The van der Waals surface area contributed by atoms with E-state index >= 15 is 0 Å². The predicted molar refractivity (Wildman–Crippen MR) is 126 cm³/mol. The molecule has 1 aliphatic heterocycles. The van der Waals surface area contributed by atoms with Crippen molar-refractivity contribution in [2.24, 2.45) is 0 Å².